The number of sulfonamides is 1. The van der Waals surface area contributed by atoms with Gasteiger partial charge in [-0.3, -0.25) is 4.98 Å². The fourth-order valence-electron chi connectivity index (χ4n) is 3.64. The molecule has 0 unspecified atom stereocenters. The molecule has 3 aromatic heterocycles. The van der Waals surface area contributed by atoms with Crippen molar-refractivity contribution in [1.29, 1.82) is 0 Å². The highest BCUT2D eigenvalue weighted by atomic mass is 32.2. The maximum atomic E-state index is 13.1. The largest absolute Gasteiger partial charge is 0.352 e. The molecule has 0 saturated carbocycles. The molecule has 4 heterocycles. The van der Waals surface area contributed by atoms with Gasteiger partial charge < -0.3 is 10.2 Å². The number of anilines is 3. The average Bonchev–Trinajstić information content (AvgIpc) is 3.41. The van der Waals surface area contributed by atoms with Crippen molar-refractivity contribution >= 4 is 27.3 Å². The van der Waals surface area contributed by atoms with E-state index >= 15 is 0 Å². The second-order valence-corrected chi connectivity index (χ2v) is 9.42. The molecule has 0 amide bonds. The van der Waals surface area contributed by atoms with Gasteiger partial charge in [-0.1, -0.05) is 0 Å². The van der Waals surface area contributed by atoms with E-state index < -0.39 is 10.0 Å². The first-order valence-electron chi connectivity index (χ1n) is 10.5. The van der Waals surface area contributed by atoms with E-state index in [1.54, 1.807) is 47.5 Å². The molecule has 4 aromatic rings. The molecular weight excluding hydrogens is 440 g/mol. The molecule has 0 spiro atoms. The van der Waals surface area contributed by atoms with Crippen molar-refractivity contribution in [2.75, 3.05) is 36.4 Å². The van der Waals surface area contributed by atoms with E-state index in [-0.39, 0.29) is 4.90 Å². The third-order valence-corrected chi connectivity index (χ3v) is 7.30. The lowest BCUT2D eigenvalue weighted by atomic mass is 10.3. The molecule has 0 aliphatic carbocycles. The van der Waals surface area contributed by atoms with Gasteiger partial charge in [-0.05, 0) is 54.6 Å². The molecule has 1 aromatic carbocycles. The third kappa shape index (κ3) is 4.54. The van der Waals surface area contributed by atoms with E-state index in [0.717, 1.165) is 11.4 Å². The zero-order valence-electron chi connectivity index (χ0n) is 17.7. The van der Waals surface area contributed by atoms with E-state index in [2.05, 4.69) is 25.6 Å². The Morgan fingerprint density at radius 2 is 1.67 bits per heavy atom. The molecule has 0 atom stereocenters. The van der Waals surface area contributed by atoms with Crippen molar-refractivity contribution in [2.24, 2.45) is 0 Å². The molecule has 33 heavy (non-hydrogen) atoms. The first-order valence-corrected chi connectivity index (χ1v) is 11.9. The summed E-state index contributed by atoms with van der Waals surface area (Å²) in [5.41, 5.74) is 1.64. The molecular formula is C22H22N8O2S. The predicted molar refractivity (Wildman–Crippen MR) is 124 cm³/mol. The van der Waals surface area contributed by atoms with Crippen LogP contribution in [0.25, 0.3) is 5.69 Å². The van der Waals surface area contributed by atoms with E-state index in [1.165, 1.54) is 4.31 Å². The summed E-state index contributed by atoms with van der Waals surface area (Å²) in [7, 11) is -3.57. The van der Waals surface area contributed by atoms with Gasteiger partial charge in [0.2, 0.25) is 10.0 Å². The zero-order chi connectivity index (χ0) is 22.7. The Balaban J connectivity index is 1.21. The van der Waals surface area contributed by atoms with Gasteiger partial charge in [0.05, 0.1) is 22.5 Å². The second kappa shape index (κ2) is 8.96. The van der Waals surface area contributed by atoms with Crippen LogP contribution < -0.4 is 10.2 Å². The lowest BCUT2D eigenvalue weighted by Gasteiger charge is -2.34. The van der Waals surface area contributed by atoms with Crippen LogP contribution in [0.2, 0.25) is 0 Å². The minimum absolute atomic E-state index is 0.275. The summed E-state index contributed by atoms with van der Waals surface area (Å²) in [5.74, 6) is 1.33. The maximum Gasteiger partial charge on any atom is 0.243 e. The SMILES string of the molecule is O=S(=O)(c1ccc(-n2cccn2)cc1)N1CCN(c2ccc(Nc3cccnc3)nn2)CC1. The standard InChI is InChI=1S/C22H22N8O2S/c31-33(32,20-6-4-19(5-7-20)30-12-2-11-24-30)29-15-13-28(14-16-29)22-9-8-21(26-27-22)25-18-3-1-10-23-17-18/h1-12,17H,13-16H2,(H,25,26). The number of piperazine rings is 1. The third-order valence-electron chi connectivity index (χ3n) is 5.39. The summed E-state index contributed by atoms with van der Waals surface area (Å²) in [5, 5.41) is 15.8. The van der Waals surface area contributed by atoms with Crippen LogP contribution in [0.15, 0.2) is 84.3 Å². The van der Waals surface area contributed by atoms with Crippen molar-refractivity contribution in [2.45, 2.75) is 4.90 Å². The first kappa shape index (κ1) is 21.0. The summed E-state index contributed by atoms with van der Waals surface area (Å²) in [4.78, 5) is 6.37. The van der Waals surface area contributed by atoms with Crippen LogP contribution >= 0.6 is 0 Å². The highest BCUT2D eigenvalue weighted by Crippen LogP contribution is 2.22. The number of hydrogen-bond acceptors (Lipinski definition) is 8. The topological polar surface area (TPSA) is 109 Å². The monoisotopic (exact) mass is 462 g/mol. The highest BCUT2D eigenvalue weighted by Gasteiger charge is 2.29. The van der Waals surface area contributed by atoms with Gasteiger partial charge in [0.25, 0.3) is 0 Å². The van der Waals surface area contributed by atoms with Gasteiger partial charge >= 0.3 is 0 Å². The molecule has 1 aliphatic rings. The number of nitrogens with one attached hydrogen (secondary N) is 1. The lowest BCUT2D eigenvalue weighted by Crippen LogP contribution is -2.49. The van der Waals surface area contributed by atoms with Crippen LogP contribution in [0, 0.1) is 0 Å². The van der Waals surface area contributed by atoms with Crippen molar-refractivity contribution < 1.29 is 8.42 Å². The van der Waals surface area contributed by atoms with Crippen LogP contribution in [0.3, 0.4) is 0 Å². The maximum absolute atomic E-state index is 13.1. The average molecular weight is 463 g/mol. The first-order chi connectivity index (χ1) is 16.1. The van der Waals surface area contributed by atoms with Crippen molar-refractivity contribution in [3.05, 3.63) is 79.4 Å². The Morgan fingerprint density at radius 3 is 2.30 bits per heavy atom. The van der Waals surface area contributed by atoms with E-state index in [1.807, 2.05) is 41.4 Å². The number of rotatable bonds is 6. The summed E-state index contributed by atoms with van der Waals surface area (Å²) in [6, 6.07) is 16.0. The summed E-state index contributed by atoms with van der Waals surface area (Å²) < 4.78 is 29.4. The molecule has 11 heteroatoms. The van der Waals surface area contributed by atoms with E-state index in [0.29, 0.717) is 37.8 Å². The Kier molecular flexibility index (Phi) is 5.71. The van der Waals surface area contributed by atoms with Crippen molar-refractivity contribution in [3.8, 4) is 5.69 Å². The van der Waals surface area contributed by atoms with Crippen LogP contribution in [-0.4, -0.2) is 63.9 Å². The number of pyridine rings is 1. The number of aromatic nitrogens is 5. The Labute approximate surface area is 191 Å². The summed E-state index contributed by atoms with van der Waals surface area (Å²) in [6.45, 7) is 1.82. The molecule has 5 rings (SSSR count). The van der Waals surface area contributed by atoms with Crippen LogP contribution in [0.1, 0.15) is 0 Å². The van der Waals surface area contributed by atoms with Gasteiger partial charge in [-0.15, -0.1) is 10.2 Å². The van der Waals surface area contributed by atoms with Gasteiger partial charge in [-0.2, -0.15) is 9.40 Å². The van der Waals surface area contributed by atoms with Crippen molar-refractivity contribution in [3.63, 3.8) is 0 Å². The van der Waals surface area contributed by atoms with Gasteiger partial charge in [-0.25, -0.2) is 13.1 Å². The van der Waals surface area contributed by atoms with Gasteiger partial charge in [0.15, 0.2) is 11.6 Å². The molecule has 168 valence electrons. The molecule has 10 nitrogen and oxygen atoms in total. The quantitative estimate of drug-likeness (QED) is 0.465. The molecule has 1 fully saturated rings. The van der Waals surface area contributed by atoms with Gasteiger partial charge in [0.1, 0.15) is 0 Å². The molecule has 0 bridgehead atoms. The number of benzene rings is 1. The zero-order valence-corrected chi connectivity index (χ0v) is 18.5. The molecule has 1 saturated heterocycles. The number of nitrogens with zero attached hydrogens (tertiary/aromatic N) is 7. The van der Waals surface area contributed by atoms with Crippen LogP contribution in [0.5, 0.6) is 0 Å². The van der Waals surface area contributed by atoms with Crippen LogP contribution in [0.4, 0.5) is 17.3 Å². The Morgan fingerprint density at radius 1 is 0.848 bits per heavy atom. The van der Waals surface area contributed by atoms with Crippen LogP contribution in [-0.2, 0) is 10.0 Å². The predicted octanol–water partition coefficient (Wildman–Crippen LogP) is 2.31. The van der Waals surface area contributed by atoms with Crippen molar-refractivity contribution in [1.82, 2.24) is 29.3 Å². The second-order valence-electron chi connectivity index (χ2n) is 7.48. The Bertz CT molecular complexity index is 1290. The lowest BCUT2D eigenvalue weighted by molar-refractivity contribution is 0.383. The van der Waals surface area contributed by atoms with Gasteiger partial charge in [0, 0.05) is 44.8 Å². The Hall–Kier alpha value is -3.83. The van der Waals surface area contributed by atoms with E-state index in [4.69, 9.17) is 0 Å². The molecule has 0 radical (unpaired) electrons. The highest BCUT2D eigenvalue weighted by molar-refractivity contribution is 7.89. The fraction of sp³-hybridized carbons (Fsp3) is 0.182. The molecule has 1 aliphatic heterocycles. The van der Waals surface area contributed by atoms with E-state index in [9.17, 15) is 8.42 Å². The minimum Gasteiger partial charge on any atom is -0.352 e. The number of hydrogen-bond donors (Lipinski definition) is 1. The summed E-state index contributed by atoms with van der Waals surface area (Å²) in [6.07, 6.45) is 6.91. The molecule has 1 N–H and O–H groups in total. The smallest absolute Gasteiger partial charge is 0.243 e. The minimum atomic E-state index is -3.57. The fourth-order valence-corrected chi connectivity index (χ4v) is 5.07. The normalized spacial score (nSPS) is 14.8. The summed E-state index contributed by atoms with van der Waals surface area (Å²) >= 11 is 0.